The zero-order chi connectivity index (χ0) is 17.5. The summed E-state index contributed by atoms with van der Waals surface area (Å²) in [7, 11) is 2.07. The number of rotatable bonds is 9. The van der Waals surface area contributed by atoms with E-state index in [1.165, 1.54) is 6.07 Å². The van der Waals surface area contributed by atoms with Crippen LogP contribution in [0.2, 0.25) is 0 Å². The highest BCUT2D eigenvalue weighted by atomic mass is 19.1. The van der Waals surface area contributed by atoms with E-state index in [2.05, 4.69) is 48.2 Å². The lowest BCUT2D eigenvalue weighted by Crippen LogP contribution is -2.26. The van der Waals surface area contributed by atoms with Crippen molar-refractivity contribution < 1.29 is 4.39 Å². The Labute approximate surface area is 143 Å². The molecular formula is C18H28FN5. The molecule has 0 saturated heterocycles. The normalized spacial score (nSPS) is 12.4. The quantitative estimate of drug-likeness (QED) is 0.765. The summed E-state index contributed by atoms with van der Waals surface area (Å²) in [5, 5.41) is 11.4. The molecule has 0 aliphatic heterocycles. The number of nitrogens with one attached hydrogen (secondary N) is 1. The third-order valence-corrected chi connectivity index (χ3v) is 4.37. The van der Waals surface area contributed by atoms with Gasteiger partial charge in [-0.25, -0.2) is 4.39 Å². The Morgan fingerprint density at radius 3 is 2.79 bits per heavy atom. The monoisotopic (exact) mass is 333 g/mol. The fourth-order valence-corrected chi connectivity index (χ4v) is 2.75. The summed E-state index contributed by atoms with van der Waals surface area (Å²) in [5.74, 6) is 1.29. The molecule has 2 rings (SSSR count). The van der Waals surface area contributed by atoms with E-state index in [4.69, 9.17) is 0 Å². The number of nitrogens with zero attached hydrogens (tertiary/aromatic N) is 4. The predicted molar refractivity (Wildman–Crippen MR) is 95.4 cm³/mol. The van der Waals surface area contributed by atoms with Crippen LogP contribution in [-0.4, -0.2) is 28.4 Å². The molecule has 2 aromatic rings. The van der Waals surface area contributed by atoms with E-state index in [1.807, 2.05) is 10.6 Å². The Kier molecular flexibility index (Phi) is 6.73. The average Bonchev–Trinajstić information content (AvgIpc) is 3.02. The second-order valence-corrected chi connectivity index (χ2v) is 6.30. The molecule has 1 heterocycles. The standard InChI is InChI=1S/C18H28FN5/c1-5-14(3)12-23(4)17-8-7-16(19)9-15(17)10-20-11-18-22-21-13-24(18)6-2/h7-9,13-14,20H,5-6,10-12H2,1-4H3. The number of anilines is 1. The molecule has 1 aromatic carbocycles. The average molecular weight is 333 g/mol. The number of hydrogen-bond acceptors (Lipinski definition) is 4. The number of aromatic nitrogens is 3. The van der Waals surface area contributed by atoms with E-state index in [-0.39, 0.29) is 5.82 Å². The van der Waals surface area contributed by atoms with Crippen LogP contribution in [0.1, 0.15) is 38.6 Å². The van der Waals surface area contributed by atoms with Gasteiger partial charge in [-0.2, -0.15) is 0 Å². The van der Waals surface area contributed by atoms with Gasteiger partial charge in [0.25, 0.3) is 0 Å². The molecule has 0 spiro atoms. The lowest BCUT2D eigenvalue weighted by molar-refractivity contribution is 0.556. The molecule has 6 heteroatoms. The molecule has 0 fully saturated rings. The van der Waals surface area contributed by atoms with Gasteiger partial charge in [-0.05, 0) is 36.6 Å². The molecule has 1 aromatic heterocycles. The Morgan fingerprint density at radius 1 is 1.29 bits per heavy atom. The third-order valence-electron chi connectivity index (χ3n) is 4.37. The molecule has 0 amide bonds. The fourth-order valence-electron chi connectivity index (χ4n) is 2.75. The second-order valence-electron chi connectivity index (χ2n) is 6.30. The van der Waals surface area contributed by atoms with Crippen LogP contribution < -0.4 is 10.2 Å². The van der Waals surface area contributed by atoms with Crippen molar-refractivity contribution in [3.05, 3.63) is 41.7 Å². The van der Waals surface area contributed by atoms with Gasteiger partial charge in [0.15, 0.2) is 0 Å². The SMILES string of the molecule is CCC(C)CN(C)c1ccc(F)cc1CNCc1nncn1CC. The van der Waals surface area contributed by atoms with Crippen LogP contribution in [0.15, 0.2) is 24.5 Å². The largest absolute Gasteiger partial charge is 0.374 e. The summed E-state index contributed by atoms with van der Waals surface area (Å²) in [6.07, 6.45) is 2.86. The molecule has 1 N–H and O–H groups in total. The van der Waals surface area contributed by atoms with E-state index in [1.54, 1.807) is 12.4 Å². The van der Waals surface area contributed by atoms with E-state index in [0.29, 0.717) is 19.0 Å². The first-order valence-electron chi connectivity index (χ1n) is 8.62. The first-order chi connectivity index (χ1) is 11.5. The summed E-state index contributed by atoms with van der Waals surface area (Å²) < 4.78 is 15.7. The molecule has 132 valence electrons. The van der Waals surface area contributed by atoms with Crippen LogP contribution in [0.25, 0.3) is 0 Å². The lowest BCUT2D eigenvalue weighted by Gasteiger charge is -2.25. The van der Waals surface area contributed by atoms with Gasteiger partial charge >= 0.3 is 0 Å². The van der Waals surface area contributed by atoms with E-state index in [9.17, 15) is 4.39 Å². The Balaban J connectivity index is 2.04. The molecule has 0 aliphatic rings. The van der Waals surface area contributed by atoms with Crippen LogP contribution in [0.3, 0.4) is 0 Å². The minimum Gasteiger partial charge on any atom is -0.374 e. The molecule has 0 saturated carbocycles. The van der Waals surface area contributed by atoms with Crippen molar-refractivity contribution in [1.82, 2.24) is 20.1 Å². The Bertz CT molecular complexity index is 640. The summed E-state index contributed by atoms with van der Waals surface area (Å²) >= 11 is 0. The maximum atomic E-state index is 13.7. The van der Waals surface area contributed by atoms with Crippen molar-refractivity contribution in [2.24, 2.45) is 5.92 Å². The topological polar surface area (TPSA) is 46.0 Å². The van der Waals surface area contributed by atoms with Gasteiger partial charge in [-0.1, -0.05) is 20.3 Å². The molecular weight excluding hydrogens is 305 g/mol. The summed E-state index contributed by atoms with van der Waals surface area (Å²) in [6, 6.07) is 5.00. The van der Waals surface area contributed by atoms with Crippen molar-refractivity contribution >= 4 is 5.69 Å². The Hall–Kier alpha value is -1.95. The van der Waals surface area contributed by atoms with Gasteiger partial charge in [-0.3, -0.25) is 0 Å². The van der Waals surface area contributed by atoms with Gasteiger partial charge < -0.3 is 14.8 Å². The number of hydrogen-bond donors (Lipinski definition) is 1. The highest BCUT2D eigenvalue weighted by molar-refractivity contribution is 5.53. The van der Waals surface area contributed by atoms with Crippen molar-refractivity contribution in [3.63, 3.8) is 0 Å². The van der Waals surface area contributed by atoms with Crippen molar-refractivity contribution in [1.29, 1.82) is 0 Å². The van der Waals surface area contributed by atoms with Gasteiger partial charge in [0.05, 0.1) is 6.54 Å². The fraction of sp³-hybridized carbons (Fsp3) is 0.556. The van der Waals surface area contributed by atoms with Gasteiger partial charge in [0.1, 0.15) is 18.0 Å². The second kappa shape index (κ2) is 8.78. The smallest absolute Gasteiger partial charge is 0.146 e. The zero-order valence-corrected chi connectivity index (χ0v) is 15.1. The maximum absolute atomic E-state index is 13.7. The molecule has 24 heavy (non-hydrogen) atoms. The van der Waals surface area contributed by atoms with Gasteiger partial charge in [0, 0.05) is 32.4 Å². The van der Waals surface area contributed by atoms with E-state index >= 15 is 0 Å². The van der Waals surface area contributed by atoms with Crippen LogP contribution in [0, 0.1) is 11.7 Å². The molecule has 0 aliphatic carbocycles. The first-order valence-corrected chi connectivity index (χ1v) is 8.62. The summed E-state index contributed by atoms with van der Waals surface area (Å²) in [4.78, 5) is 2.21. The summed E-state index contributed by atoms with van der Waals surface area (Å²) in [5.41, 5.74) is 2.03. The minimum atomic E-state index is -0.204. The maximum Gasteiger partial charge on any atom is 0.146 e. The molecule has 0 bridgehead atoms. The predicted octanol–water partition coefficient (Wildman–Crippen LogP) is 3.21. The number of benzene rings is 1. The van der Waals surface area contributed by atoms with Crippen LogP contribution in [0.5, 0.6) is 0 Å². The van der Waals surface area contributed by atoms with Gasteiger partial charge in [0.2, 0.25) is 0 Å². The van der Waals surface area contributed by atoms with Crippen LogP contribution in [-0.2, 0) is 19.6 Å². The van der Waals surface area contributed by atoms with Crippen LogP contribution in [0.4, 0.5) is 10.1 Å². The van der Waals surface area contributed by atoms with E-state index < -0.39 is 0 Å². The zero-order valence-electron chi connectivity index (χ0n) is 15.1. The highest BCUT2D eigenvalue weighted by Crippen LogP contribution is 2.22. The number of aryl methyl sites for hydroxylation is 1. The lowest BCUT2D eigenvalue weighted by atomic mass is 10.1. The van der Waals surface area contributed by atoms with Crippen LogP contribution >= 0.6 is 0 Å². The third kappa shape index (κ3) is 4.77. The molecule has 5 nitrogen and oxygen atoms in total. The minimum absolute atomic E-state index is 0.204. The van der Waals surface area contributed by atoms with Gasteiger partial charge in [-0.15, -0.1) is 10.2 Å². The molecule has 1 atom stereocenters. The molecule has 0 radical (unpaired) electrons. The van der Waals surface area contributed by atoms with E-state index in [0.717, 1.165) is 36.6 Å². The highest BCUT2D eigenvalue weighted by Gasteiger charge is 2.11. The summed E-state index contributed by atoms with van der Waals surface area (Å²) in [6.45, 7) is 9.48. The van der Waals surface area contributed by atoms with Crippen molar-refractivity contribution in [2.75, 3.05) is 18.5 Å². The molecule has 1 unspecified atom stereocenters. The van der Waals surface area contributed by atoms with Crippen molar-refractivity contribution in [2.45, 2.75) is 46.8 Å². The Morgan fingerprint density at radius 2 is 2.08 bits per heavy atom. The van der Waals surface area contributed by atoms with Crippen molar-refractivity contribution in [3.8, 4) is 0 Å². The first kappa shape index (κ1) is 18.4. The number of halogens is 1.